The number of hydrogen-bond acceptors (Lipinski definition) is 3. The fourth-order valence-electron chi connectivity index (χ4n) is 0.982. The lowest BCUT2D eigenvalue weighted by atomic mass is 10.3. The van der Waals surface area contributed by atoms with E-state index in [0.29, 0.717) is 6.61 Å². The second kappa shape index (κ2) is 6.35. The SMILES string of the molecule is CCOC(=O)CC=Cc1ccc(Br)cn1. The molecule has 3 nitrogen and oxygen atoms in total. The molecular formula is C11H12BrNO2. The summed E-state index contributed by atoms with van der Waals surface area (Å²) in [6.07, 6.45) is 5.53. The smallest absolute Gasteiger partial charge is 0.309 e. The van der Waals surface area contributed by atoms with Crippen LogP contribution in [0.1, 0.15) is 19.0 Å². The van der Waals surface area contributed by atoms with Gasteiger partial charge < -0.3 is 4.74 Å². The first-order valence-electron chi connectivity index (χ1n) is 4.66. The van der Waals surface area contributed by atoms with Crippen LogP contribution in [-0.4, -0.2) is 17.6 Å². The zero-order chi connectivity index (χ0) is 11.1. The molecule has 0 saturated carbocycles. The summed E-state index contributed by atoms with van der Waals surface area (Å²) in [6, 6.07) is 3.77. The van der Waals surface area contributed by atoms with Crippen LogP contribution in [0.2, 0.25) is 0 Å². The Morgan fingerprint density at radius 2 is 2.40 bits per heavy atom. The number of carbonyl (C=O) groups is 1. The van der Waals surface area contributed by atoms with Gasteiger partial charge in [-0.2, -0.15) is 0 Å². The van der Waals surface area contributed by atoms with E-state index in [4.69, 9.17) is 4.74 Å². The van der Waals surface area contributed by atoms with Gasteiger partial charge >= 0.3 is 5.97 Å². The van der Waals surface area contributed by atoms with Gasteiger partial charge in [-0.15, -0.1) is 0 Å². The number of pyridine rings is 1. The lowest BCUT2D eigenvalue weighted by Crippen LogP contribution is -2.01. The van der Waals surface area contributed by atoms with Crippen LogP contribution in [0, 0.1) is 0 Å². The van der Waals surface area contributed by atoms with Gasteiger partial charge in [-0.1, -0.05) is 6.08 Å². The van der Waals surface area contributed by atoms with Gasteiger partial charge in [0.1, 0.15) is 0 Å². The van der Waals surface area contributed by atoms with Crippen molar-refractivity contribution >= 4 is 28.0 Å². The van der Waals surface area contributed by atoms with Gasteiger partial charge in [0.2, 0.25) is 0 Å². The second-order valence-electron chi connectivity index (χ2n) is 2.81. The highest BCUT2D eigenvalue weighted by Gasteiger charge is 1.96. The van der Waals surface area contributed by atoms with Crippen molar-refractivity contribution in [2.45, 2.75) is 13.3 Å². The zero-order valence-electron chi connectivity index (χ0n) is 8.44. The Morgan fingerprint density at radius 3 is 3.00 bits per heavy atom. The van der Waals surface area contributed by atoms with Gasteiger partial charge in [0, 0.05) is 10.7 Å². The summed E-state index contributed by atoms with van der Waals surface area (Å²) in [7, 11) is 0. The Balaban J connectivity index is 2.44. The Hall–Kier alpha value is -1.16. The minimum atomic E-state index is -0.217. The largest absolute Gasteiger partial charge is 0.466 e. The zero-order valence-corrected chi connectivity index (χ0v) is 10.0. The number of aromatic nitrogens is 1. The molecule has 0 unspecified atom stereocenters. The Labute approximate surface area is 97.3 Å². The molecule has 15 heavy (non-hydrogen) atoms. The molecule has 0 amide bonds. The topological polar surface area (TPSA) is 39.2 Å². The van der Waals surface area contributed by atoms with Crippen molar-refractivity contribution in [2.24, 2.45) is 0 Å². The number of carbonyl (C=O) groups excluding carboxylic acids is 1. The number of esters is 1. The van der Waals surface area contributed by atoms with Crippen LogP contribution >= 0.6 is 15.9 Å². The maximum atomic E-state index is 11.0. The summed E-state index contributed by atoms with van der Waals surface area (Å²) in [6.45, 7) is 2.21. The monoisotopic (exact) mass is 269 g/mol. The minimum Gasteiger partial charge on any atom is -0.466 e. The summed E-state index contributed by atoms with van der Waals surface area (Å²) in [5.74, 6) is -0.217. The molecule has 0 radical (unpaired) electrons. The molecule has 1 aromatic rings. The molecule has 0 aliphatic carbocycles. The maximum Gasteiger partial charge on any atom is 0.309 e. The van der Waals surface area contributed by atoms with Gasteiger partial charge in [0.15, 0.2) is 0 Å². The Morgan fingerprint density at radius 1 is 1.60 bits per heavy atom. The lowest BCUT2D eigenvalue weighted by molar-refractivity contribution is -0.142. The fourth-order valence-corrected chi connectivity index (χ4v) is 1.22. The summed E-state index contributed by atoms with van der Waals surface area (Å²) in [4.78, 5) is 15.1. The van der Waals surface area contributed by atoms with Crippen molar-refractivity contribution in [1.29, 1.82) is 0 Å². The van der Waals surface area contributed by atoms with E-state index in [2.05, 4.69) is 20.9 Å². The molecule has 0 aliphatic heterocycles. The third kappa shape index (κ3) is 4.74. The molecule has 1 rings (SSSR count). The Kier molecular flexibility index (Phi) is 5.04. The molecule has 0 bridgehead atoms. The number of hydrogen-bond donors (Lipinski definition) is 0. The predicted molar refractivity (Wildman–Crippen MR) is 62.2 cm³/mol. The van der Waals surface area contributed by atoms with Crippen molar-refractivity contribution in [3.05, 3.63) is 34.6 Å². The third-order valence-electron chi connectivity index (χ3n) is 1.63. The van der Waals surface area contributed by atoms with Crippen LogP contribution in [0.4, 0.5) is 0 Å². The first kappa shape index (κ1) is 11.9. The molecular weight excluding hydrogens is 258 g/mol. The minimum absolute atomic E-state index is 0.217. The standard InChI is InChI=1S/C11H12BrNO2/c1-2-15-11(14)5-3-4-10-7-6-9(12)8-13-10/h3-4,6-8H,2,5H2,1H3. The molecule has 0 saturated heterocycles. The fraction of sp³-hybridized carbons (Fsp3) is 0.273. The summed E-state index contributed by atoms with van der Waals surface area (Å²) in [5, 5.41) is 0. The quantitative estimate of drug-likeness (QED) is 0.790. The van der Waals surface area contributed by atoms with Crippen molar-refractivity contribution < 1.29 is 9.53 Å². The van der Waals surface area contributed by atoms with Crippen LogP contribution in [0.25, 0.3) is 6.08 Å². The van der Waals surface area contributed by atoms with E-state index < -0.39 is 0 Å². The highest BCUT2D eigenvalue weighted by molar-refractivity contribution is 9.10. The molecule has 0 spiro atoms. The summed E-state index contributed by atoms with van der Waals surface area (Å²) < 4.78 is 5.72. The van der Waals surface area contributed by atoms with E-state index in [-0.39, 0.29) is 12.4 Å². The van der Waals surface area contributed by atoms with Crippen molar-refractivity contribution in [1.82, 2.24) is 4.98 Å². The highest BCUT2D eigenvalue weighted by atomic mass is 79.9. The summed E-state index contributed by atoms with van der Waals surface area (Å²) in [5.41, 5.74) is 0.822. The second-order valence-corrected chi connectivity index (χ2v) is 3.73. The highest BCUT2D eigenvalue weighted by Crippen LogP contribution is 2.08. The van der Waals surface area contributed by atoms with Crippen molar-refractivity contribution in [2.75, 3.05) is 6.61 Å². The lowest BCUT2D eigenvalue weighted by Gasteiger charge is -1.96. The molecule has 1 aromatic heterocycles. The number of ether oxygens (including phenoxy) is 1. The first-order valence-corrected chi connectivity index (χ1v) is 5.45. The average molecular weight is 270 g/mol. The maximum absolute atomic E-state index is 11.0. The van der Waals surface area contributed by atoms with Crippen LogP contribution in [0.5, 0.6) is 0 Å². The van der Waals surface area contributed by atoms with E-state index in [0.717, 1.165) is 10.2 Å². The predicted octanol–water partition coefficient (Wildman–Crippen LogP) is 2.81. The van der Waals surface area contributed by atoms with Crippen molar-refractivity contribution in [3.8, 4) is 0 Å². The van der Waals surface area contributed by atoms with E-state index in [9.17, 15) is 4.79 Å². The molecule has 0 aliphatic rings. The van der Waals surface area contributed by atoms with E-state index in [1.54, 1.807) is 25.3 Å². The normalized spacial score (nSPS) is 10.5. The van der Waals surface area contributed by atoms with Crippen LogP contribution < -0.4 is 0 Å². The van der Waals surface area contributed by atoms with Gasteiger partial charge in [-0.05, 0) is 41.1 Å². The number of rotatable bonds is 4. The average Bonchev–Trinajstić information content (AvgIpc) is 2.21. The summed E-state index contributed by atoms with van der Waals surface area (Å²) >= 11 is 3.30. The molecule has 80 valence electrons. The van der Waals surface area contributed by atoms with Gasteiger partial charge in [-0.25, -0.2) is 0 Å². The van der Waals surface area contributed by atoms with Crippen LogP contribution in [0.3, 0.4) is 0 Å². The van der Waals surface area contributed by atoms with Gasteiger partial charge in [0.25, 0.3) is 0 Å². The number of halogens is 1. The van der Waals surface area contributed by atoms with Gasteiger partial charge in [0.05, 0.1) is 18.7 Å². The molecule has 4 heteroatoms. The van der Waals surface area contributed by atoms with E-state index in [1.807, 2.05) is 12.1 Å². The Bertz CT molecular complexity index is 346. The van der Waals surface area contributed by atoms with Crippen LogP contribution in [0.15, 0.2) is 28.9 Å². The van der Waals surface area contributed by atoms with Crippen molar-refractivity contribution in [3.63, 3.8) is 0 Å². The molecule has 0 fully saturated rings. The number of nitrogens with zero attached hydrogens (tertiary/aromatic N) is 1. The molecule has 0 aromatic carbocycles. The third-order valence-corrected chi connectivity index (χ3v) is 2.10. The van der Waals surface area contributed by atoms with E-state index >= 15 is 0 Å². The van der Waals surface area contributed by atoms with Crippen LogP contribution in [-0.2, 0) is 9.53 Å². The first-order chi connectivity index (χ1) is 7.22. The molecule has 0 N–H and O–H groups in total. The van der Waals surface area contributed by atoms with E-state index in [1.165, 1.54) is 0 Å². The molecule has 0 atom stereocenters. The van der Waals surface area contributed by atoms with Gasteiger partial charge in [-0.3, -0.25) is 9.78 Å². The molecule has 1 heterocycles.